The molecule has 1 atom stereocenters. The molecule has 0 saturated heterocycles. The summed E-state index contributed by atoms with van der Waals surface area (Å²) in [5.41, 5.74) is 0. The molecule has 0 aromatic rings. The Morgan fingerprint density at radius 1 is 1.30 bits per heavy atom. The summed E-state index contributed by atoms with van der Waals surface area (Å²) >= 11 is 7.66. The lowest BCUT2D eigenvalue weighted by Crippen LogP contribution is -2.21. The van der Waals surface area contributed by atoms with E-state index in [1.165, 1.54) is 0 Å². The van der Waals surface area contributed by atoms with Gasteiger partial charge in [-0.2, -0.15) is 0 Å². The van der Waals surface area contributed by atoms with Gasteiger partial charge in [0.1, 0.15) is 0 Å². The average Bonchev–Trinajstić information content (AvgIpc) is 1.62. The normalized spacial score (nSPS) is 16.8. The highest BCUT2D eigenvalue weighted by atomic mass is 80.0. The lowest BCUT2D eigenvalue weighted by molar-refractivity contribution is 0.541. The SMILES string of the molecule is O=S([O-])S(=O)(=O)C(Br)(Br)Br. The fourth-order valence-corrected chi connectivity index (χ4v) is 3.61. The van der Waals surface area contributed by atoms with Crippen LogP contribution in [-0.4, -0.2) is 18.7 Å². The largest absolute Gasteiger partial charge is 0.760 e. The number of hydrogen-bond acceptors (Lipinski definition) is 4. The smallest absolute Gasteiger partial charge is 0.253 e. The first-order valence-electron chi connectivity index (χ1n) is 1.60. The Kier molecular flexibility index (Phi) is 4.00. The molecule has 0 rings (SSSR count). The van der Waals surface area contributed by atoms with E-state index in [1.54, 1.807) is 0 Å². The van der Waals surface area contributed by atoms with Crippen LogP contribution in [0.2, 0.25) is 0 Å². The molecular formula is CBr3O4S2-. The van der Waals surface area contributed by atoms with Crippen LogP contribution in [0.1, 0.15) is 0 Å². The van der Waals surface area contributed by atoms with Gasteiger partial charge in [-0.3, -0.25) is 4.21 Å². The molecular weight excluding hydrogens is 380 g/mol. The third kappa shape index (κ3) is 2.52. The van der Waals surface area contributed by atoms with Crippen LogP contribution in [0.5, 0.6) is 0 Å². The zero-order valence-electron chi connectivity index (χ0n) is 4.08. The highest BCUT2D eigenvalue weighted by molar-refractivity contribution is 9.43. The summed E-state index contributed by atoms with van der Waals surface area (Å²) in [6, 6.07) is 0. The maximum absolute atomic E-state index is 10.6. The van der Waals surface area contributed by atoms with Crippen LogP contribution >= 0.6 is 47.8 Å². The molecule has 0 heterocycles. The molecule has 0 radical (unpaired) electrons. The minimum Gasteiger partial charge on any atom is -0.760 e. The van der Waals surface area contributed by atoms with Gasteiger partial charge in [-0.05, 0) is 47.8 Å². The molecule has 4 nitrogen and oxygen atoms in total. The first kappa shape index (κ1) is 11.5. The summed E-state index contributed by atoms with van der Waals surface area (Å²) in [4.78, 5) is 0. The van der Waals surface area contributed by atoms with Gasteiger partial charge in [0.25, 0.3) is 8.87 Å². The quantitative estimate of drug-likeness (QED) is 0.387. The van der Waals surface area contributed by atoms with E-state index in [9.17, 15) is 17.2 Å². The first-order chi connectivity index (χ1) is 4.19. The lowest BCUT2D eigenvalue weighted by Gasteiger charge is -2.14. The first-order valence-corrected chi connectivity index (χ1v) is 7.06. The Hall–Kier alpha value is 1.50. The summed E-state index contributed by atoms with van der Waals surface area (Å²) in [5, 5.41) is 0. The van der Waals surface area contributed by atoms with Gasteiger partial charge in [0.2, 0.25) is 1.47 Å². The Balaban J connectivity index is 4.98. The summed E-state index contributed by atoms with van der Waals surface area (Å²) < 4.78 is 39.4. The molecule has 0 aliphatic rings. The van der Waals surface area contributed by atoms with Crippen molar-refractivity contribution in [3.8, 4) is 0 Å². The van der Waals surface area contributed by atoms with Crippen molar-refractivity contribution in [1.82, 2.24) is 0 Å². The lowest BCUT2D eigenvalue weighted by atomic mass is 11.9. The highest BCUT2D eigenvalue weighted by Crippen LogP contribution is 2.40. The third-order valence-electron chi connectivity index (χ3n) is 0.463. The molecule has 0 fully saturated rings. The second-order valence-electron chi connectivity index (χ2n) is 1.10. The molecule has 0 aromatic heterocycles. The maximum Gasteiger partial charge on any atom is 0.253 e. The van der Waals surface area contributed by atoms with Gasteiger partial charge in [0.05, 0.1) is 10.1 Å². The molecule has 0 bridgehead atoms. The van der Waals surface area contributed by atoms with Crippen molar-refractivity contribution in [2.45, 2.75) is 1.47 Å². The van der Waals surface area contributed by atoms with E-state index in [4.69, 9.17) is 0 Å². The fourth-order valence-electron chi connectivity index (χ4n) is 0.0772. The second-order valence-corrected chi connectivity index (χ2v) is 13.5. The Bertz CT molecular complexity index is 236. The molecule has 9 heteroatoms. The molecule has 0 aromatic carbocycles. The summed E-state index contributed by atoms with van der Waals surface area (Å²) in [7, 11) is -7.41. The van der Waals surface area contributed by atoms with Crippen LogP contribution in [0, 0.1) is 0 Å². The number of rotatable bonds is 1. The molecule has 0 amide bonds. The predicted octanol–water partition coefficient (Wildman–Crippen LogP) is 0.991. The van der Waals surface area contributed by atoms with Crippen molar-refractivity contribution >= 4 is 66.8 Å². The molecule has 0 N–H and O–H groups in total. The maximum atomic E-state index is 10.6. The van der Waals surface area contributed by atoms with Crippen LogP contribution in [-0.2, 0) is 19.0 Å². The number of halogens is 3. The Morgan fingerprint density at radius 2 is 1.60 bits per heavy atom. The van der Waals surface area contributed by atoms with Crippen LogP contribution < -0.4 is 0 Å². The van der Waals surface area contributed by atoms with Crippen molar-refractivity contribution in [3.63, 3.8) is 0 Å². The van der Waals surface area contributed by atoms with Crippen LogP contribution in [0.3, 0.4) is 0 Å². The van der Waals surface area contributed by atoms with Gasteiger partial charge in [-0.1, -0.05) is 0 Å². The van der Waals surface area contributed by atoms with Gasteiger partial charge in [0, 0.05) is 0 Å². The van der Waals surface area contributed by atoms with Crippen molar-refractivity contribution < 1.29 is 17.2 Å². The third-order valence-corrected chi connectivity index (χ3v) is 8.98. The Morgan fingerprint density at radius 3 is 1.60 bits per heavy atom. The summed E-state index contributed by atoms with van der Waals surface area (Å²) in [6.07, 6.45) is 0. The second kappa shape index (κ2) is 3.48. The zero-order chi connectivity index (χ0) is 8.58. The Labute approximate surface area is 84.7 Å². The monoisotopic (exact) mass is 377 g/mol. The van der Waals surface area contributed by atoms with Crippen LogP contribution in [0.25, 0.3) is 0 Å². The molecule has 0 aliphatic heterocycles. The van der Waals surface area contributed by atoms with Gasteiger partial charge in [-0.15, -0.1) is 0 Å². The van der Waals surface area contributed by atoms with Crippen molar-refractivity contribution in [2.75, 3.05) is 0 Å². The standard InChI is InChI=1S/CHBr3O4S2/c2-1(3,4)10(7,8)9(5)6/h(H,5,6)/p-1. The predicted molar refractivity (Wildman–Crippen MR) is 47.4 cm³/mol. The van der Waals surface area contributed by atoms with E-state index in [0.717, 1.165) is 0 Å². The van der Waals surface area contributed by atoms with Crippen molar-refractivity contribution in [3.05, 3.63) is 0 Å². The minimum atomic E-state index is -4.25. The topological polar surface area (TPSA) is 74.3 Å². The van der Waals surface area contributed by atoms with Gasteiger partial charge in [-0.25, -0.2) is 8.42 Å². The number of hydrogen-bond donors (Lipinski definition) is 0. The molecule has 0 saturated carbocycles. The average molecular weight is 380 g/mol. The van der Waals surface area contributed by atoms with Crippen LogP contribution in [0.15, 0.2) is 0 Å². The highest BCUT2D eigenvalue weighted by Gasteiger charge is 2.36. The van der Waals surface area contributed by atoms with E-state index >= 15 is 0 Å². The number of alkyl halides is 3. The van der Waals surface area contributed by atoms with Crippen molar-refractivity contribution in [2.24, 2.45) is 0 Å². The van der Waals surface area contributed by atoms with Gasteiger partial charge < -0.3 is 4.55 Å². The zero-order valence-corrected chi connectivity index (χ0v) is 10.5. The molecule has 10 heavy (non-hydrogen) atoms. The van der Waals surface area contributed by atoms with E-state index in [2.05, 4.69) is 47.8 Å². The van der Waals surface area contributed by atoms with E-state index in [-0.39, 0.29) is 0 Å². The van der Waals surface area contributed by atoms with Gasteiger partial charge >= 0.3 is 0 Å². The summed E-state index contributed by atoms with van der Waals surface area (Å²) in [5.74, 6) is 0. The van der Waals surface area contributed by atoms with Crippen molar-refractivity contribution in [1.29, 1.82) is 0 Å². The molecule has 0 spiro atoms. The van der Waals surface area contributed by atoms with Crippen LogP contribution in [0.4, 0.5) is 0 Å². The molecule has 0 aliphatic carbocycles. The van der Waals surface area contributed by atoms with E-state index in [1.807, 2.05) is 0 Å². The van der Waals surface area contributed by atoms with Gasteiger partial charge in [0.15, 0.2) is 0 Å². The minimum absolute atomic E-state index is 1.79. The van der Waals surface area contributed by atoms with E-state index in [0.29, 0.717) is 0 Å². The fraction of sp³-hybridized carbons (Fsp3) is 1.00. The molecule has 1 unspecified atom stereocenters. The molecule has 62 valence electrons. The van der Waals surface area contributed by atoms with E-state index < -0.39 is 20.5 Å². The summed E-state index contributed by atoms with van der Waals surface area (Å²) in [6.45, 7) is 0.